The van der Waals surface area contributed by atoms with E-state index < -0.39 is 10.8 Å². The first-order valence-electron chi connectivity index (χ1n) is 8.17. The molecule has 7 nitrogen and oxygen atoms in total. The number of rotatable bonds is 6. The number of carbonyl (C=O) groups excluding carboxylic acids is 1. The smallest absolute Gasteiger partial charge is 0.269 e. The number of nitrogens with two attached hydrogens (primary N) is 1. The van der Waals surface area contributed by atoms with Gasteiger partial charge in [-0.05, 0) is 54.4 Å². The number of aryl methyl sites for hydroxylation is 1. The zero-order chi connectivity index (χ0) is 19.4. The van der Waals surface area contributed by atoms with Crippen molar-refractivity contribution in [3.8, 4) is 17.0 Å². The lowest BCUT2D eigenvalue weighted by Crippen LogP contribution is -2.12. The maximum Gasteiger partial charge on any atom is 0.269 e. The van der Waals surface area contributed by atoms with Gasteiger partial charge in [-0.3, -0.25) is 19.9 Å². The average Bonchev–Trinajstić information content (AvgIpc) is 2.66. The minimum absolute atomic E-state index is 0.0170. The van der Waals surface area contributed by atoms with E-state index in [4.69, 9.17) is 10.5 Å². The molecule has 0 fully saturated rings. The number of aromatic nitrogens is 1. The molecule has 3 rings (SSSR count). The van der Waals surface area contributed by atoms with Crippen molar-refractivity contribution in [2.45, 2.75) is 13.5 Å². The summed E-state index contributed by atoms with van der Waals surface area (Å²) in [6, 6.07) is 15.0. The third-order valence-electron chi connectivity index (χ3n) is 4.07. The molecule has 136 valence electrons. The molecule has 0 saturated heterocycles. The number of benzene rings is 2. The van der Waals surface area contributed by atoms with Crippen LogP contribution in [0.25, 0.3) is 11.3 Å². The Hall–Kier alpha value is -3.74. The first-order valence-corrected chi connectivity index (χ1v) is 8.17. The van der Waals surface area contributed by atoms with Gasteiger partial charge in [0, 0.05) is 29.5 Å². The molecule has 2 aromatic carbocycles. The highest BCUT2D eigenvalue weighted by molar-refractivity contribution is 5.94. The standard InChI is InChI=1S/C20H17N3O4/c1-13-10-15(2-7-18(13)20(21)24)19-11-14(8-9-22-19)12-27-17-5-3-16(4-6-17)23(25)26/h2-11H,12H2,1H3,(H2,21,24). The van der Waals surface area contributed by atoms with Crippen LogP contribution in [0.3, 0.4) is 0 Å². The Bertz CT molecular complexity index is 1000. The summed E-state index contributed by atoms with van der Waals surface area (Å²) in [7, 11) is 0. The van der Waals surface area contributed by atoms with Crippen LogP contribution in [0.4, 0.5) is 5.69 Å². The molecule has 0 radical (unpaired) electrons. The van der Waals surface area contributed by atoms with Gasteiger partial charge in [0.25, 0.3) is 5.69 Å². The van der Waals surface area contributed by atoms with E-state index in [-0.39, 0.29) is 5.69 Å². The SMILES string of the molecule is Cc1cc(-c2cc(COc3ccc([N+](=O)[O-])cc3)ccn2)ccc1C(N)=O. The quantitative estimate of drug-likeness (QED) is 0.531. The van der Waals surface area contributed by atoms with Crippen molar-refractivity contribution in [2.75, 3.05) is 0 Å². The van der Waals surface area contributed by atoms with E-state index in [1.807, 2.05) is 25.1 Å². The van der Waals surface area contributed by atoms with Crippen molar-refractivity contribution in [2.24, 2.45) is 5.73 Å². The van der Waals surface area contributed by atoms with Crippen LogP contribution in [0, 0.1) is 17.0 Å². The maximum absolute atomic E-state index is 11.4. The first-order chi connectivity index (χ1) is 12.9. The number of carbonyl (C=O) groups is 1. The molecule has 0 aliphatic heterocycles. The summed E-state index contributed by atoms with van der Waals surface area (Å²) < 4.78 is 5.68. The summed E-state index contributed by atoms with van der Waals surface area (Å²) in [6.45, 7) is 2.12. The van der Waals surface area contributed by atoms with Crippen LogP contribution >= 0.6 is 0 Å². The molecule has 0 unspecified atom stereocenters. The Morgan fingerprint density at radius 3 is 2.52 bits per heavy atom. The molecule has 0 saturated carbocycles. The Labute approximate surface area is 155 Å². The Morgan fingerprint density at radius 1 is 1.15 bits per heavy atom. The van der Waals surface area contributed by atoms with Gasteiger partial charge >= 0.3 is 0 Å². The van der Waals surface area contributed by atoms with Crippen LogP contribution in [-0.2, 0) is 6.61 Å². The van der Waals surface area contributed by atoms with Crippen molar-refractivity contribution >= 4 is 11.6 Å². The van der Waals surface area contributed by atoms with E-state index in [2.05, 4.69) is 4.98 Å². The molecule has 0 aliphatic rings. The fourth-order valence-electron chi connectivity index (χ4n) is 2.65. The second kappa shape index (κ2) is 7.65. The number of non-ortho nitro benzene ring substituents is 1. The zero-order valence-electron chi connectivity index (χ0n) is 14.6. The molecular weight excluding hydrogens is 346 g/mol. The summed E-state index contributed by atoms with van der Waals surface area (Å²) >= 11 is 0. The van der Waals surface area contributed by atoms with E-state index in [1.165, 1.54) is 12.1 Å². The summed E-state index contributed by atoms with van der Waals surface area (Å²) in [4.78, 5) is 25.9. The number of hydrogen-bond acceptors (Lipinski definition) is 5. The van der Waals surface area contributed by atoms with Gasteiger partial charge in [-0.2, -0.15) is 0 Å². The second-order valence-electron chi connectivity index (χ2n) is 5.98. The van der Waals surface area contributed by atoms with E-state index in [0.29, 0.717) is 17.9 Å². The Kier molecular flexibility index (Phi) is 5.12. The van der Waals surface area contributed by atoms with Gasteiger partial charge in [-0.15, -0.1) is 0 Å². The number of nitrogens with zero attached hydrogens (tertiary/aromatic N) is 2. The third kappa shape index (κ3) is 4.27. The highest BCUT2D eigenvalue weighted by Crippen LogP contribution is 2.23. The van der Waals surface area contributed by atoms with E-state index in [1.54, 1.807) is 30.5 Å². The lowest BCUT2D eigenvalue weighted by molar-refractivity contribution is -0.384. The van der Waals surface area contributed by atoms with E-state index in [0.717, 1.165) is 22.4 Å². The molecule has 1 amide bonds. The lowest BCUT2D eigenvalue weighted by atomic mass is 10.0. The van der Waals surface area contributed by atoms with Crippen LogP contribution in [0.5, 0.6) is 5.75 Å². The molecule has 2 N–H and O–H groups in total. The van der Waals surface area contributed by atoms with Crippen LogP contribution in [0.15, 0.2) is 60.8 Å². The van der Waals surface area contributed by atoms with Crippen LogP contribution in [0.2, 0.25) is 0 Å². The van der Waals surface area contributed by atoms with Gasteiger partial charge < -0.3 is 10.5 Å². The summed E-state index contributed by atoms with van der Waals surface area (Å²) in [5.74, 6) is 0.0814. The fourth-order valence-corrected chi connectivity index (χ4v) is 2.65. The highest BCUT2D eigenvalue weighted by atomic mass is 16.6. The summed E-state index contributed by atoms with van der Waals surface area (Å²) in [6.07, 6.45) is 1.68. The van der Waals surface area contributed by atoms with Gasteiger partial charge in [-0.25, -0.2) is 0 Å². The number of ether oxygens (including phenoxy) is 1. The van der Waals surface area contributed by atoms with Gasteiger partial charge in [0.1, 0.15) is 12.4 Å². The summed E-state index contributed by atoms with van der Waals surface area (Å²) in [5, 5.41) is 10.7. The van der Waals surface area contributed by atoms with Crippen molar-refractivity contribution in [1.29, 1.82) is 0 Å². The molecular formula is C20H17N3O4. The molecule has 0 aliphatic carbocycles. The van der Waals surface area contributed by atoms with Crippen molar-refractivity contribution < 1.29 is 14.5 Å². The number of nitro benzene ring substituents is 1. The number of nitro groups is 1. The van der Waals surface area contributed by atoms with Gasteiger partial charge in [0.2, 0.25) is 5.91 Å². The minimum Gasteiger partial charge on any atom is -0.489 e. The maximum atomic E-state index is 11.4. The van der Waals surface area contributed by atoms with Crippen molar-refractivity contribution in [3.63, 3.8) is 0 Å². The molecule has 0 spiro atoms. The van der Waals surface area contributed by atoms with Gasteiger partial charge in [0.15, 0.2) is 0 Å². The molecule has 1 heterocycles. The Balaban J connectivity index is 1.74. The highest BCUT2D eigenvalue weighted by Gasteiger charge is 2.08. The number of primary amides is 1. The predicted octanol–water partition coefficient (Wildman–Crippen LogP) is 3.64. The molecule has 0 atom stereocenters. The van der Waals surface area contributed by atoms with Gasteiger partial charge in [0.05, 0.1) is 10.6 Å². The molecule has 0 bridgehead atoms. The molecule has 7 heteroatoms. The van der Waals surface area contributed by atoms with Gasteiger partial charge in [-0.1, -0.05) is 6.07 Å². The largest absolute Gasteiger partial charge is 0.489 e. The number of amides is 1. The zero-order valence-corrected chi connectivity index (χ0v) is 14.6. The average molecular weight is 363 g/mol. The number of hydrogen-bond donors (Lipinski definition) is 1. The van der Waals surface area contributed by atoms with Crippen molar-refractivity contribution in [3.05, 3.63) is 87.6 Å². The molecule has 3 aromatic rings. The van der Waals surface area contributed by atoms with Crippen LogP contribution < -0.4 is 10.5 Å². The molecule has 1 aromatic heterocycles. The second-order valence-corrected chi connectivity index (χ2v) is 5.98. The Morgan fingerprint density at radius 2 is 1.89 bits per heavy atom. The van der Waals surface area contributed by atoms with E-state index in [9.17, 15) is 14.9 Å². The lowest BCUT2D eigenvalue weighted by Gasteiger charge is -2.09. The fraction of sp³-hybridized carbons (Fsp3) is 0.100. The topological polar surface area (TPSA) is 108 Å². The van der Waals surface area contributed by atoms with Crippen LogP contribution in [0.1, 0.15) is 21.5 Å². The predicted molar refractivity (Wildman–Crippen MR) is 100 cm³/mol. The molecule has 27 heavy (non-hydrogen) atoms. The van der Waals surface area contributed by atoms with E-state index >= 15 is 0 Å². The minimum atomic E-state index is -0.461. The normalized spacial score (nSPS) is 10.4. The summed E-state index contributed by atoms with van der Waals surface area (Å²) in [5.41, 5.74) is 9.14. The number of pyridine rings is 1. The van der Waals surface area contributed by atoms with Crippen LogP contribution in [-0.4, -0.2) is 15.8 Å². The van der Waals surface area contributed by atoms with Crippen molar-refractivity contribution in [1.82, 2.24) is 4.98 Å². The third-order valence-corrected chi connectivity index (χ3v) is 4.07. The monoisotopic (exact) mass is 363 g/mol. The first kappa shape index (κ1) is 18.1.